The van der Waals surface area contributed by atoms with Gasteiger partial charge in [0.1, 0.15) is 0 Å². The third kappa shape index (κ3) is 5.94. The highest BCUT2D eigenvalue weighted by Gasteiger charge is 2.20. The third-order valence-corrected chi connectivity index (χ3v) is 5.74. The van der Waals surface area contributed by atoms with E-state index < -0.39 is 0 Å². The fourth-order valence-electron chi connectivity index (χ4n) is 3.30. The second-order valence-corrected chi connectivity index (χ2v) is 7.98. The van der Waals surface area contributed by atoms with Gasteiger partial charge in [0.05, 0.1) is 12.2 Å². The first-order valence-electron chi connectivity index (χ1n) is 9.49. The zero-order chi connectivity index (χ0) is 19.1. The molecule has 0 saturated carbocycles. The summed E-state index contributed by atoms with van der Waals surface area (Å²) in [6, 6.07) is 11.1. The molecular formula is C20H30N6S. The smallest absolute Gasteiger partial charge is 0.191 e. The zero-order valence-electron chi connectivity index (χ0n) is 16.5. The molecule has 0 radical (unpaired) electrons. The Morgan fingerprint density at radius 3 is 2.85 bits per heavy atom. The molecule has 1 saturated heterocycles. The van der Waals surface area contributed by atoms with Gasteiger partial charge in [-0.3, -0.25) is 9.89 Å². The van der Waals surface area contributed by atoms with Crippen molar-refractivity contribution < 1.29 is 0 Å². The summed E-state index contributed by atoms with van der Waals surface area (Å²) in [6.07, 6.45) is 2.38. The van der Waals surface area contributed by atoms with Crippen LogP contribution in [0.3, 0.4) is 0 Å². The predicted octanol–water partition coefficient (Wildman–Crippen LogP) is 2.54. The van der Waals surface area contributed by atoms with Crippen molar-refractivity contribution >= 4 is 22.4 Å². The monoisotopic (exact) mass is 386 g/mol. The van der Waals surface area contributed by atoms with Crippen LogP contribution in [0.4, 0.5) is 5.13 Å². The number of likely N-dealkylation sites (tertiary alicyclic amines) is 1. The minimum absolute atomic E-state index is 0.418. The van der Waals surface area contributed by atoms with Gasteiger partial charge in [-0.2, -0.15) is 0 Å². The number of hydrogen-bond acceptors (Lipinski definition) is 5. The normalized spacial score (nSPS) is 18.3. The molecule has 6 nitrogen and oxygen atoms in total. The number of nitrogens with one attached hydrogen (secondary N) is 2. The Balaban J connectivity index is 1.48. The van der Waals surface area contributed by atoms with Gasteiger partial charge in [-0.05, 0) is 24.9 Å². The van der Waals surface area contributed by atoms with E-state index in [0.717, 1.165) is 36.4 Å². The summed E-state index contributed by atoms with van der Waals surface area (Å²) < 4.78 is 0. The fourth-order valence-corrected chi connectivity index (χ4v) is 4.06. The molecule has 0 spiro atoms. The highest BCUT2D eigenvalue weighted by Crippen LogP contribution is 2.17. The molecule has 1 unspecified atom stereocenters. The van der Waals surface area contributed by atoms with Crippen LogP contribution >= 0.6 is 11.3 Å². The Morgan fingerprint density at radius 1 is 1.33 bits per heavy atom. The van der Waals surface area contributed by atoms with Crippen LogP contribution in [0.5, 0.6) is 0 Å². The maximum Gasteiger partial charge on any atom is 0.191 e. The Hall–Kier alpha value is -2.12. The number of rotatable bonds is 6. The van der Waals surface area contributed by atoms with Gasteiger partial charge in [-0.25, -0.2) is 4.98 Å². The van der Waals surface area contributed by atoms with E-state index in [9.17, 15) is 0 Å². The van der Waals surface area contributed by atoms with Gasteiger partial charge < -0.3 is 15.5 Å². The van der Waals surface area contributed by atoms with Crippen molar-refractivity contribution in [3.8, 4) is 0 Å². The third-order valence-electron chi connectivity index (χ3n) is 4.68. The number of aliphatic imine (C=N–C) groups is 1. The van der Waals surface area contributed by atoms with E-state index in [1.54, 1.807) is 11.3 Å². The average molecular weight is 387 g/mol. The molecule has 1 aliphatic heterocycles. The Morgan fingerprint density at radius 2 is 2.15 bits per heavy atom. The topological polar surface area (TPSA) is 55.8 Å². The minimum atomic E-state index is 0.418. The number of hydrogen-bond donors (Lipinski definition) is 2. The van der Waals surface area contributed by atoms with E-state index in [2.05, 4.69) is 61.2 Å². The molecule has 2 aromatic rings. The molecule has 27 heavy (non-hydrogen) atoms. The highest BCUT2D eigenvalue weighted by atomic mass is 32.1. The van der Waals surface area contributed by atoms with Crippen LogP contribution in [0.25, 0.3) is 0 Å². The number of aromatic nitrogens is 1. The summed E-state index contributed by atoms with van der Waals surface area (Å²) in [5.41, 5.74) is 2.42. The maximum absolute atomic E-state index is 4.61. The first kappa shape index (κ1) is 19.6. The molecule has 1 atom stereocenters. The molecule has 2 heterocycles. The van der Waals surface area contributed by atoms with Gasteiger partial charge in [-0.1, -0.05) is 30.3 Å². The van der Waals surface area contributed by atoms with Gasteiger partial charge in [-0.15, -0.1) is 11.3 Å². The van der Waals surface area contributed by atoms with E-state index in [-0.39, 0.29) is 0 Å². The summed E-state index contributed by atoms with van der Waals surface area (Å²) in [7, 11) is 5.85. The molecular weight excluding hydrogens is 356 g/mol. The van der Waals surface area contributed by atoms with Crippen LogP contribution < -0.4 is 15.5 Å². The number of thiazole rings is 1. The van der Waals surface area contributed by atoms with Gasteiger partial charge in [0, 0.05) is 45.7 Å². The highest BCUT2D eigenvalue weighted by molar-refractivity contribution is 7.13. The lowest BCUT2D eigenvalue weighted by Gasteiger charge is -2.34. The second kappa shape index (κ2) is 9.71. The molecule has 1 fully saturated rings. The molecule has 2 N–H and O–H groups in total. The second-order valence-electron chi connectivity index (χ2n) is 7.15. The van der Waals surface area contributed by atoms with Crippen molar-refractivity contribution in [3.63, 3.8) is 0 Å². The summed E-state index contributed by atoms with van der Waals surface area (Å²) in [4.78, 5) is 13.6. The van der Waals surface area contributed by atoms with Crippen LogP contribution in [-0.4, -0.2) is 56.1 Å². The maximum atomic E-state index is 4.61. The zero-order valence-corrected chi connectivity index (χ0v) is 17.3. The number of anilines is 1. The minimum Gasteiger partial charge on any atom is -0.354 e. The largest absolute Gasteiger partial charge is 0.354 e. The Labute approximate surface area is 166 Å². The van der Waals surface area contributed by atoms with E-state index in [1.165, 1.54) is 18.4 Å². The van der Waals surface area contributed by atoms with E-state index in [0.29, 0.717) is 12.6 Å². The molecule has 0 amide bonds. The van der Waals surface area contributed by atoms with E-state index in [1.807, 2.05) is 26.0 Å². The van der Waals surface area contributed by atoms with Crippen molar-refractivity contribution in [3.05, 3.63) is 47.0 Å². The van der Waals surface area contributed by atoms with Gasteiger partial charge in [0.15, 0.2) is 11.1 Å². The van der Waals surface area contributed by atoms with Crippen LogP contribution in [0.1, 0.15) is 24.1 Å². The van der Waals surface area contributed by atoms with Crippen molar-refractivity contribution in [1.82, 2.24) is 20.5 Å². The standard InChI is InChI=1S/C20H30N6S/c1-21-19(22-12-18-15-27-20(24-18)25(2)3)23-17-10-7-11-26(14-17)13-16-8-5-4-6-9-16/h4-6,8-9,15,17H,7,10-14H2,1-3H3,(H2,21,22,23). The lowest BCUT2D eigenvalue weighted by molar-refractivity contribution is 0.192. The average Bonchev–Trinajstić information content (AvgIpc) is 3.16. The lowest BCUT2D eigenvalue weighted by Crippen LogP contribution is -2.50. The predicted molar refractivity (Wildman–Crippen MR) is 115 cm³/mol. The summed E-state index contributed by atoms with van der Waals surface area (Å²) in [5.74, 6) is 0.848. The van der Waals surface area contributed by atoms with E-state index >= 15 is 0 Å². The molecule has 1 aromatic heterocycles. The number of guanidine groups is 1. The van der Waals surface area contributed by atoms with Crippen molar-refractivity contribution in [2.24, 2.45) is 4.99 Å². The van der Waals surface area contributed by atoms with Crippen molar-refractivity contribution in [2.45, 2.75) is 32.0 Å². The first-order chi connectivity index (χ1) is 13.1. The van der Waals surface area contributed by atoms with Gasteiger partial charge in [0.25, 0.3) is 0 Å². The van der Waals surface area contributed by atoms with Gasteiger partial charge >= 0.3 is 0 Å². The number of nitrogens with zero attached hydrogens (tertiary/aromatic N) is 4. The van der Waals surface area contributed by atoms with Crippen molar-refractivity contribution in [2.75, 3.05) is 39.1 Å². The SMILES string of the molecule is CN=C(NCc1csc(N(C)C)n1)NC1CCCN(Cc2ccccc2)C1. The van der Waals surface area contributed by atoms with Crippen LogP contribution in [0.15, 0.2) is 40.7 Å². The fraction of sp³-hybridized carbons (Fsp3) is 0.500. The summed E-state index contributed by atoms with van der Waals surface area (Å²) in [5, 5.41) is 10.1. The molecule has 7 heteroatoms. The lowest BCUT2D eigenvalue weighted by atomic mass is 10.0. The molecule has 1 aromatic carbocycles. The van der Waals surface area contributed by atoms with Crippen LogP contribution in [-0.2, 0) is 13.1 Å². The molecule has 3 rings (SSSR count). The number of piperidine rings is 1. The quantitative estimate of drug-likeness (QED) is 0.590. The van der Waals surface area contributed by atoms with Gasteiger partial charge in [0.2, 0.25) is 0 Å². The first-order valence-corrected chi connectivity index (χ1v) is 10.4. The Kier molecular flexibility index (Phi) is 7.06. The molecule has 146 valence electrons. The molecule has 0 bridgehead atoms. The Bertz CT molecular complexity index is 727. The summed E-state index contributed by atoms with van der Waals surface area (Å²) in [6.45, 7) is 3.89. The number of benzene rings is 1. The van der Waals surface area contributed by atoms with E-state index in [4.69, 9.17) is 0 Å². The van der Waals surface area contributed by atoms with Crippen LogP contribution in [0, 0.1) is 0 Å². The van der Waals surface area contributed by atoms with Crippen LogP contribution in [0.2, 0.25) is 0 Å². The van der Waals surface area contributed by atoms with Crippen molar-refractivity contribution in [1.29, 1.82) is 0 Å². The summed E-state index contributed by atoms with van der Waals surface area (Å²) >= 11 is 1.66. The molecule has 0 aliphatic carbocycles. The molecule has 1 aliphatic rings.